The molecule has 1 unspecified atom stereocenters. The number of nitrogens with one attached hydrogen (secondary N) is 2. The van der Waals surface area contributed by atoms with Crippen molar-refractivity contribution in [1.82, 2.24) is 20.1 Å². The summed E-state index contributed by atoms with van der Waals surface area (Å²) in [7, 11) is 3.13. The van der Waals surface area contributed by atoms with Crippen LogP contribution in [0.5, 0.6) is 11.5 Å². The number of rotatable bonds is 9. The zero-order chi connectivity index (χ0) is 26.4. The van der Waals surface area contributed by atoms with Crippen molar-refractivity contribution < 1.29 is 14.3 Å². The van der Waals surface area contributed by atoms with Gasteiger partial charge in [-0.2, -0.15) is 0 Å². The van der Waals surface area contributed by atoms with Gasteiger partial charge in [0, 0.05) is 35.3 Å². The smallest absolute Gasteiger partial charge is 0.319 e. The molecule has 4 rings (SSSR count). The lowest BCUT2D eigenvalue weighted by atomic mass is 10.1. The molecule has 4 aromatic rings. The van der Waals surface area contributed by atoms with Crippen LogP contribution in [0.4, 0.5) is 10.5 Å². The molecule has 8 nitrogen and oxygen atoms in total. The van der Waals surface area contributed by atoms with Crippen molar-refractivity contribution in [3.05, 3.63) is 89.2 Å². The van der Waals surface area contributed by atoms with Gasteiger partial charge in [0.15, 0.2) is 11.0 Å². The van der Waals surface area contributed by atoms with Gasteiger partial charge in [-0.25, -0.2) is 4.79 Å². The number of carbonyl (C=O) groups is 1. The van der Waals surface area contributed by atoms with E-state index < -0.39 is 6.04 Å². The molecule has 0 saturated carbocycles. The standard InChI is InChI=1S/C28H31N5O3S/c1-18-10-12-23(13-11-18)33-26(31-32-28(33)37-17-21-9-7-6-8-19(21)2)20(3)29-27(34)30-22-14-24(35-4)16-25(15-22)36-5/h6-16,20H,17H2,1-5H3,(H2,29,30,34). The summed E-state index contributed by atoms with van der Waals surface area (Å²) in [5, 5.41) is 15.5. The molecule has 0 bridgehead atoms. The zero-order valence-electron chi connectivity index (χ0n) is 21.6. The zero-order valence-corrected chi connectivity index (χ0v) is 22.4. The number of urea groups is 1. The lowest BCUT2D eigenvalue weighted by molar-refractivity contribution is 0.248. The van der Waals surface area contributed by atoms with Crippen LogP contribution < -0.4 is 20.1 Å². The second kappa shape index (κ2) is 11.8. The van der Waals surface area contributed by atoms with Crippen molar-refractivity contribution in [2.75, 3.05) is 19.5 Å². The van der Waals surface area contributed by atoms with E-state index in [4.69, 9.17) is 9.47 Å². The first-order valence-corrected chi connectivity index (χ1v) is 12.9. The molecule has 2 amide bonds. The minimum absolute atomic E-state index is 0.379. The Balaban J connectivity index is 1.56. The van der Waals surface area contributed by atoms with Gasteiger partial charge in [-0.1, -0.05) is 53.7 Å². The Labute approximate surface area is 221 Å². The predicted molar refractivity (Wildman–Crippen MR) is 147 cm³/mol. The van der Waals surface area contributed by atoms with E-state index in [1.807, 2.05) is 42.7 Å². The van der Waals surface area contributed by atoms with Crippen LogP contribution in [-0.4, -0.2) is 35.0 Å². The number of hydrogen-bond donors (Lipinski definition) is 2. The normalized spacial score (nSPS) is 11.6. The van der Waals surface area contributed by atoms with E-state index in [1.165, 1.54) is 11.1 Å². The molecule has 1 aromatic heterocycles. The number of aryl methyl sites for hydroxylation is 2. The number of hydrogen-bond acceptors (Lipinski definition) is 6. The first-order chi connectivity index (χ1) is 17.9. The molecule has 2 N–H and O–H groups in total. The van der Waals surface area contributed by atoms with Gasteiger partial charge in [0.2, 0.25) is 0 Å². The fourth-order valence-corrected chi connectivity index (χ4v) is 4.85. The molecule has 192 valence electrons. The first kappa shape index (κ1) is 26.1. The molecule has 0 fully saturated rings. The van der Waals surface area contributed by atoms with Gasteiger partial charge < -0.3 is 20.1 Å². The van der Waals surface area contributed by atoms with Crippen molar-refractivity contribution in [2.24, 2.45) is 0 Å². The SMILES string of the molecule is COc1cc(NC(=O)NC(C)c2nnc(SCc3ccccc3C)n2-c2ccc(C)cc2)cc(OC)c1. The van der Waals surface area contributed by atoms with E-state index in [9.17, 15) is 4.79 Å². The lowest BCUT2D eigenvalue weighted by Crippen LogP contribution is -2.32. The number of amides is 2. The summed E-state index contributed by atoms with van der Waals surface area (Å²) in [5.74, 6) is 2.56. The van der Waals surface area contributed by atoms with Crippen molar-refractivity contribution in [3.8, 4) is 17.2 Å². The largest absolute Gasteiger partial charge is 0.497 e. The molecule has 0 aliphatic rings. The van der Waals surface area contributed by atoms with Gasteiger partial charge in [0.1, 0.15) is 11.5 Å². The van der Waals surface area contributed by atoms with Crippen molar-refractivity contribution in [1.29, 1.82) is 0 Å². The molecule has 9 heteroatoms. The van der Waals surface area contributed by atoms with Crippen LogP contribution in [0.2, 0.25) is 0 Å². The predicted octanol–water partition coefficient (Wildman–Crippen LogP) is 6.08. The molecule has 0 saturated heterocycles. The number of ether oxygens (including phenoxy) is 2. The van der Waals surface area contributed by atoms with Crippen LogP contribution in [0.1, 0.15) is 35.5 Å². The fraction of sp³-hybridized carbons (Fsp3) is 0.250. The Morgan fingerprint density at radius 1 is 0.973 bits per heavy atom. The number of nitrogens with zero attached hydrogens (tertiary/aromatic N) is 3. The van der Waals surface area contributed by atoms with Crippen LogP contribution in [-0.2, 0) is 5.75 Å². The number of carbonyl (C=O) groups excluding carboxylic acids is 1. The van der Waals surface area contributed by atoms with Crippen LogP contribution in [0.3, 0.4) is 0 Å². The van der Waals surface area contributed by atoms with Gasteiger partial charge in [0.05, 0.1) is 20.3 Å². The van der Waals surface area contributed by atoms with Crippen LogP contribution in [0, 0.1) is 13.8 Å². The number of methoxy groups -OCH3 is 2. The number of thioether (sulfide) groups is 1. The Morgan fingerprint density at radius 3 is 2.30 bits per heavy atom. The summed E-state index contributed by atoms with van der Waals surface area (Å²) in [5.41, 5.74) is 5.12. The highest BCUT2D eigenvalue weighted by atomic mass is 32.2. The summed E-state index contributed by atoms with van der Waals surface area (Å²) < 4.78 is 12.6. The maximum absolute atomic E-state index is 12.9. The quantitative estimate of drug-likeness (QED) is 0.262. The molecular weight excluding hydrogens is 486 g/mol. The summed E-state index contributed by atoms with van der Waals surface area (Å²) in [4.78, 5) is 12.9. The molecule has 1 heterocycles. The van der Waals surface area contributed by atoms with Gasteiger partial charge in [0.25, 0.3) is 0 Å². The van der Waals surface area contributed by atoms with Gasteiger partial charge in [-0.15, -0.1) is 10.2 Å². The molecule has 3 aromatic carbocycles. The monoisotopic (exact) mass is 517 g/mol. The lowest BCUT2D eigenvalue weighted by Gasteiger charge is -2.17. The molecular formula is C28H31N5O3S. The molecule has 0 aliphatic heterocycles. The highest BCUT2D eigenvalue weighted by Gasteiger charge is 2.21. The molecule has 0 radical (unpaired) electrons. The maximum atomic E-state index is 12.9. The van der Waals surface area contributed by atoms with Crippen molar-refractivity contribution in [2.45, 2.75) is 37.7 Å². The Kier molecular flexibility index (Phi) is 8.35. The summed E-state index contributed by atoms with van der Waals surface area (Å²) in [6, 6.07) is 20.9. The number of anilines is 1. The highest BCUT2D eigenvalue weighted by Crippen LogP contribution is 2.29. The maximum Gasteiger partial charge on any atom is 0.319 e. The second-order valence-corrected chi connectivity index (χ2v) is 9.59. The van der Waals surface area contributed by atoms with Crippen molar-refractivity contribution >= 4 is 23.5 Å². The van der Waals surface area contributed by atoms with Gasteiger partial charge in [-0.3, -0.25) is 4.57 Å². The highest BCUT2D eigenvalue weighted by molar-refractivity contribution is 7.98. The van der Waals surface area contributed by atoms with E-state index >= 15 is 0 Å². The summed E-state index contributed by atoms with van der Waals surface area (Å²) >= 11 is 1.61. The van der Waals surface area contributed by atoms with E-state index in [2.05, 4.69) is 52.0 Å². The third kappa shape index (κ3) is 6.42. The number of aromatic nitrogens is 3. The van der Waals surface area contributed by atoms with Crippen LogP contribution in [0.15, 0.2) is 71.9 Å². The van der Waals surface area contributed by atoms with E-state index in [0.717, 1.165) is 22.2 Å². The minimum Gasteiger partial charge on any atom is -0.497 e. The summed E-state index contributed by atoms with van der Waals surface area (Å²) in [6.45, 7) is 6.04. The third-order valence-electron chi connectivity index (χ3n) is 5.91. The molecule has 0 aliphatic carbocycles. The Hall–Kier alpha value is -3.98. The average Bonchev–Trinajstić information content (AvgIpc) is 3.32. The average molecular weight is 518 g/mol. The second-order valence-electron chi connectivity index (χ2n) is 8.65. The molecule has 0 spiro atoms. The molecule has 37 heavy (non-hydrogen) atoms. The first-order valence-electron chi connectivity index (χ1n) is 11.9. The fourth-order valence-electron chi connectivity index (χ4n) is 3.81. The Bertz CT molecular complexity index is 1350. The topological polar surface area (TPSA) is 90.3 Å². The van der Waals surface area contributed by atoms with Gasteiger partial charge >= 0.3 is 6.03 Å². The summed E-state index contributed by atoms with van der Waals surface area (Å²) in [6.07, 6.45) is 0. The van der Waals surface area contributed by atoms with E-state index in [0.29, 0.717) is 23.0 Å². The van der Waals surface area contributed by atoms with E-state index in [-0.39, 0.29) is 6.03 Å². The van der Waals surface area contributed by atoms with E-state index in [1.54, 1.807) is 44.2 Å². The minimum atomic E-state index is -0.422. The van der Waals surface area contributed by atoms with Gasteiger partial charge in [-0.05, 0) is 44.0 Å². The third-order valence-corrected chi connectivity index (χ3v) is 6.89. The van der Waals surface area contributed by atoms with Crippen LogP contribution in [0.25, 0.3) is 5.69 Å². The number of benzene rings is 3. The molecule has 1 atom stereocenters. The Morgan fingerprint density at radius 2 is 1.65 bits per heavy atom. The van der Waals surface area contributed by atoms with Crippen molar-refractivity contribution in [3.63, 3.8) is 0 Å². The van der Waals surface area contributed by atoms with Crippen LogP contribution >= 0.6 is 11.8 Å².